The number of halogens is 2. The van der Waals surface area contributed by atoms with E-state index < -0.39 is 11.9 Å². The quantitative estimate of drug-likeness (QED) is 0.747. The summed E-state index contributed by atoms with van der Waals surface area (Å²) in [6.07, 6.45) is 0. The summed E-state index contributed by atoms with van der Waals surface area (Å²) in [5.41, 5.74) is 0.354. The normalized spacial score (nSPS) is 11.1. The van der Waals surface area contributed by atoms with Crippen LogP contribution in [-0.4, -0.2) is 12.6 Å². The van der Waals surface area contributed by atoms with Crippen molar-refractivity contribution in [2.45, 2.75) is 19.8 Å². The van der Waals surface area contributed by atoms with Crippen LogP contribution in [0.2, 0.25) is 0 Å². The first-order chi connectivity index (χ1) is 10.4. The van der Waals surface area contributed by atoms with Gasteiger partial charge in [0, 0.05) is 12.5 Å². The van der Waals surface area contributed by atoms with Crippen LogP contribution in [0.15, 0.2) is 48.5 Å². The standard InChI is InChI=1S/C17H16F2O3/c1-3-21-16(20)12-4-8-14(9-5-12)22-15-10-6-13(7-11-15)17(2,18)19/h4-11H,3H2,1-2H3. The Hall–Kier alpha value is -2.43. The molecule has 116 valence electrons. The van der Waals surface area contributed by atoms with Crippen LogP contribution in [-0.2, 0) is 10.7 Å². The van der Waals surface area contributed by atoms with Crippen LogP contribution >= 0.6 is 0 Å². The van der Waals surface area contributed by atoms with E-state index in [2.05, 4.69) is 0 Å². The van der Waals surface area contributed by atoms with Crippen molar-refractivity contribution in [2.75, 3.05) is 6.61 Å². The summed E-state index contributed by atoms with van der Waals surface area (Å²) in [4.78, 5) is 11.5. The zero-order valence-corrected chi connectivity index (χ0v) is 12.3. The molecule has 0 aliphatic carbocycles. The average Bonchev–Trinajstić information content (AvgIpc) is 2.48. The highest BCUT2D eigenvalue weighted by Gasteiger charge is 2.23. The summed E-state index contributed by atoms with van der Waals surface area (Å²) in [6, 6.07) is 12.0. The zero-order chi connectivity index (χ0) is 16.2. The van der Waals surface area contributed by atoms with Gasteiger partial charge >= 0.3 is 5.97 Å². The van der Waals surface area contributed by atoms with Gasteiger partial charge < -0.3 is 9.47 Å². The highest BCUT2D eigenvalue weighted by atomic mass is 19.3. The van der Waals surface area contributed by atoms with Crippen molar-refractivity contribution in [1.29, 1.82) is 0 Å². The molecule has 0 unspecified atom stereocenters. The lowest BCUT2D eigenvalue weighted by atomic mass is 10.1. The maximum absolute atomic E-state index is 13.1. The third kappa shape index (κ3) is 4.04. The number of hydrogen-bond acceptors (Lipinski definition) is 3. The summed E-state index contributed by atoms with van der Waals surface area (Å²) >= 11 is 0. The van der Waals surface area contributed by atoms with E-state index in [0.717, 1.165) is 6.92 Å². The summed E-state index contributed by atoms with van der Waals surface area (Å²) in [6.45, 7) is 2.89. The van der Waals surface area contributed by atoms with Gasteiger partial charge in [-0.25, -0.2) is 13.6 Å². The summed E-state index contributed by atoms with van der Waals surface area (Å²) < 4.78 is 36.6. The van der Waals surface area contributed by atoms with Crippen molar-refractivity contribution in [2.24, 2.45) is 0 Å². The number of esters is 1. The van der Waals surface area contributed by atoms with Crippen LogP contribution in [0.1, 0.15) is 29.8 Å². The molecular formula is C17H16F2O3. The van der Waals surface area contributed by atoms with Gasteiger partial charge in [-0.2, -0.15) is 0 Å². The molecule has 2 aromatic carbocycles. The van der Waals surface area contributed by atoms with Gasteiger partial charge in [-0.15, -0.1) is 0 Å². The van der Waals surface area contributed by atoms with E-state index in [1.165, 1.54) is 24.3 Å². The van der Waals surface area contributed by atoms with Gasteiger partial charge in [0.1, 0.15) is 11.5 Å². The van der Waals surface area contributed by atoms with E-state index in [9.17, 15) is 13.6 Å². The minimum absolute atomic E-state index is 0.0718. The third-order valence-corrected chi connectivity index (χ3v) is 2.96. The van der Waals surface area contributed by atoms with Gasteiger partial charge in [-0.1, -0.05) is 0 Å². The van der Waals surface area contributed by atoms with Gasteiger partial charge in [-0.3, -0.25) is 0 Å². The number of carbonyl (C=O) groups is 1. The van der Waals surface area contributed by atoms with Crippen LogP contribution in [0, 0.1) is 0 Å². The maximum atomic E-state index is 13.1. The SMILES string of the molecule is CCOC(=O)c1ccc(Oc2ccc(C(C)(F)F)cc2)cc1. The Bertz CT molecular complexity index is 628. The first kappa shape index (κ1) is 15.9. The second-order valence-electron chi connectivity index (χ2n) is 4.76. The molecule has 0 aliphatic heterocycles. The fourth-order valence-electron chi connectivity index (χ4n) is 1.83. The number of rotatable bonds is 5. The Morgan fingerprint density at radius 3 is 1.95 bits per heavy atom. The second kappa shape index (κ2) is 6.56. The molecule has 0 saturated heterocycles. The first-order valence-corrected chi connectivity index (χ1v) is 6.83. The number of carbonyl (C=O) groups excluding carboxylic acids is 1. The number of hydrogen-bond donors (Lipinski definition) is 0. The van der Waals surface area contributed by atoms with Crippen molar-refractivity contribution in [3.05, 3.63) is 59.7 Å². The highest BCUT2D eigenvalue weighted by Crippen LogP contribution is 2.29. The fraction of sp³-hybridized carbons (Fsp3) is 0.235. The average molecular weight is 306 g/mol. The molecule has 0 atom stereocenters. The van der Waals surface area contributed by atoms with Gasteiger partial charge in [0.05, 0.1) is 12.2 Å². The second-order valence-corrected chi connectivity index (χ2v) is 4.76. The zero-order valence-electron chi connectivity index (χ0n) is 12.3. The maximum Gasteiger partial charge on any atom is 0.338 e. The van der Waals surface area contributed by atoms with E-state index in [1.807, 2.05) is 0 Å². The van der Waals surface area contributed by atoms with Gasteiger partial charge in [0.15, 0.2) is 0 Å². The minimum atomic E-state index is -2.88. The predicted octanol–water partition coefficient (Wildman–Crippen LogP) is 4.77. The minimum Gasteiger partial charge on any atom is -0.462 e. The van der Waals surface area contributed by atoms with E-state index in [1.54, 1.807) is 31.2 Å². The topological polar surface area (TPSA) is 35.5 Å². The summed E-state index contributed by atoms with van der Waals surface area (Å²) in [7, 11) is 0. The molecule has 0 radical (unpaired) electrons. The molecule has 0 amide bonds. The molecule has 0 fully saturated rings. The van der Waals surface area contributed by atoms with E-state index in [-0.39, 0.29) is 5.56 Å². The van der Waals surface area contributed by atoms with E-state index in [0.29, 0.717) is 23.7 Å². The number of alkyl halides is 2. The van der Waals surface area contributed by atoms with Crippen molar-refractivity contribution < 1.29 is 23.0 Å². The van der Waals surface area contributed by atoms with Crippen molar-refractivity contribution >= 4 is 5.97 Å². The number of benzene rings is 2. The van der Waals surface area contributed by atoms with Crippen molar-refractivity contribution in [3.8, 4) is 11.5 Å². The van der Waals surface area contributed by atoms with Crippen LogP contribution in [0.3, 0.4) is 0 Å². The van der Waals surface area contributed by atoms with Crippen LogP contribution < -0.4 is 4.74 Å². The van der Waals surface area contributed by atoms with Crippen molar-refractivity contribution in [1.82, 2.24) is 0 Å². The van der Waals surface area contributed by atoms with Gasteiger partial charge in [-0.05, 0) is 55.5 Å². The number of ether oxygens (including phenoxy) is 2. The molecule has 0 spiro atoms. The molecule has 2 rings (SSSR count). The lowest BCUT2D eigenvalue weighted by Crippen LogP contribution is -2.06. The molecule has 2 aromatic rings. The Labute approximate surface area is 127 Å². The van der Waals surface area contributed by atoms with Crippen LogP contribution in [0.4, 0.5) is 8.78 Å². The van der Waals surface area contributed by atoms with Crippen LogP contribution in [0.5, 0.6) is 11.5 Å². The summed E-state index contributed by atoms with van der Waals surface area (Å²) in [5.74, 6) is -2.33. The van der Waals surface area contributed by atoms with Crippen LogP contribution in [0.25, 0.3) is 0 Å². The lowest BCUT2D eigenvalue weighted by molar-refractivity contribution is 0.0174. The Morgan fingerprint density at radius 2 is 1.50 bits per heavy atom. The van der Waals surface area contributed by atoms with E-state index >= 15 is 0 Å². The molecule has 0 heterocycles. The molecule has 0 N–H and O–H groups in total. The lowest BCUT2D eigenvalue weighted by Gasteiger charge is -2.11. The van der Waals surface area contributed by atoms with Gasteiger partial charge in [0.2, 0.25) is 0 Å². The highest BCUT2D eigenvalue weighted by molar-refractivity contribution is 5.89. The van der Waals surface area contributed by atoms with Crippen molar-refractivity contribution in [3.63, 3.8) is 0 Å². The Balaban J connectivity index is 2.06. The predicted molar refractivity (Wildman–Crippen MR) is 78.5 cm³/mol. The molecule has 0 aliphatic rings. The van der Waals surface area contributed by atoms with Gasteiger partial charge in [0.25, 0.3) is 5.92 Å². The first-order valence-electron chi connectivity index (χ1n) is 6.83. The van der Waals surface area contributed by atoms with E-state index in [4.69, 9.17) is 9.47 Å². The molecule has 0 bridgehead atoms. The monoisotopic (exact) mass is 306 g/mol. The molecule has 0 saturated carbocycles. The molecule has 22 heavy (non-hydrogen) atoms. The molecule has 0 aromatic heterocycles. The molecular weight excluding hydrogens is 290 g/mol. The molecule has 3 nitrogen and oxygen atoms in total. The fourth-order valence-corrected chi connectivity index (χ4v) is 1.83. The molecule has 5 heteroatoms. The summed E-state index contributed by atoms with van der Waals surface area (Å²) in [5, 5.41) is 0. The Kier molecular flexibility index (Phi) is 4.75. The smallest absolute Gasteiger partial charge is 0.338 e. The third-order valence-electron chi connectivity index (χ3n) is 2.96. The largest absolute Gasteiger partial charge is 0.462 e. The Morgan fingerprint density at radius 1 is 1.00 bits per heavy atom.